The van der Waals surface area contributed by atoms with Crippen molar-refractivity contribution in [3.05, 3.63) is 0 Å². The molecule has 1 heterocycles. The third-order valence-corrected chi connectivity index (χ3v) is 4.22. The monoisotopic (exact) mass is 182 g/mol. The highest BCUT2D eigenvalue weighted by molar-refractivity contribution is 4.88. The second kappa shape index (κ2) is 3.61. The molecule has 1 spiro atoms. The van der Waals surface area contributed by atoms with Crippen molar-refractivity contribution in [1.29, 1.82) is 0 Å². The maximum atomic E-state index is 5.53. The molecule has 0 bridgehead atoms. The summed E-state index contributed by atoms with van der Waals surface area (Å²) in [5.41, 5.74) is 0.616. The quantitative estimate of drug-likeness (QED) is 0.605. The highest BCUT2D eigenvalue weighted by atomic mass is 16.5. The van der Waals surface area contributed by atoms with E-state index in [1.807, 2.05) is 0 Å². The molecule has 76 valence electrons. The molecule has 1 saturated heterocycles. The van der Waals surface area contributed by atoms with Crippen LogP contribution in [0.4, 0.5) is 0 Å². The first-order valence-electron chi connectivity index (χ1n) is 5.80. The number of hydrogen-bond donors (Lipinski definition) is 0. The lowest BCUT2D eigenvalue weighted by Crippen LogP contribution is -2.29. The molecule has 1 nitrogen and oxygen atoms in total. The van der Waals surface area contributed by atoms with Gasteiger partial charge < -0.3 is 4.74 Å². The molecule has 0 aromatic carbocycles. The SMILES string of the molecule is CC(C)C1CCC2(CCOC2)CC1. The van der Waals surface area contributed by atoms with Crippen molar-refractivity contribution in [2.24, 2.45) is 17.3 Å². The van der Waals surface area contributed by atoms with Crippen LogP contribution in [0.25, 0.3) is 0 Å². The lowest BCUT2D eigenvalue weighted by molar-refractivity contribution is 0.0940. The van der Waals surface area contributed by atoms with Gasteiger partial charge in [0.05, 0.1) is 6.61 Å². The molecule has 0 unspecified atom stereocenters. The Morgan fingerprint density at radius 2 is 1.85 bits per heavy atom. The van der Waals surface area contributed by atoms with Gasteiger partial charge in [0.15, 0.2) is 0 Å². The molecule has 0 aromatic rings. The van der Waals surface area contributed by atoms with Gasteiger partial charge in [-0.1, -0.05) is 13.8 Å². The smallest absolute Gasteiger partial charge is 0.0523 e. The summed E-state index contributed by atoms with van der Waals surface area (Å²) in [6, 6.07) is 0. The Labute approximate surface area is 81.9 Å². The molecular formula is C12H22O. The summed E-state index contributed by atoms with van der Waals surface area (Å²) in [5.74, 6) is 1.88. The molecule has 1 aliphatic carbocycles. The van der Waals surface area contributed by atoms with Gasteiger partial charge in [-0.25, -0.2) is 0 Å². The van der Waals surface area contributed by atoms with E-state index in [9.17, 15) is 0 Å². The molecule has 0 radical (unpaired) electrons. The average Bonchev–Trinajstić information content (AvgIpc) is 2.54. The third kappa shape index (κ3) is 1.90. The van der Waals surface area contributed by atoms with Crippen LogP contribution in [-0.4, -0.2) is 13.2 Å². The summed E-state index contributed by atoms with van der Waals surface area (Å²) in [6.07, 6.45) is 7.07. The van der Waals surface area contributed by atoms with Crippen LogP contribution in [-0.2, 0) is 4.74 Å². The highest BCUT2D eigenvalue weighted by Gasteiger charge is 2.38. The maximum Gasteiger partial charge on any atom is 0.0523 e. The van der Waals surface area contributed by atoms with E-state index in [1.54, 1.807) is 0 Å². The van der Waals surface area contributed by atoms with Crippen molar-refractivity contribution in [3.63, 3.8) is 0 Å². The first-order valence-corrected chi connectivity index (χ1v) is 5.80. The third-order valence-electron chi connectivity index (χ3n) is 4.22. The maximum absolute atomic E-state index is 5.53. The molecule has 0 N–H and O–H groups in total. The van der Waals surface area contributed by atoms with E-state index >= 15 is 0 Å². The van der Waals surface area contributed by atoms with Crippen LogP contribution < -0.4 is 0 Å². The van der Waals surface area contributed by atoms with E-state index in [4.69, 9.17) is 4.74 Å². The minimum Gasteiger partial charge on any atom is -0.381 e. The summed E-state index contributed by atoms with van der Waals surface area (Å²) in [4.78, 5) is 0. The normalized spacial score (nSPS) is 40.4. The lowest BCUT2D eigenvalue weighted by Gasteiger charge is -2.37. The van der Waals surface area contributed by atoms with Gasteiger partial charge in [0, 0.05) is 6.61 Å². The van der Waals surface area contributed by atoms with Crippen LogP contribution in [0.3, 0.4) is 0 Å². The van der Waals surface area contributed by atoms with Crippen molar-refractivity contribution in [2.45, 2.75) is 46.0 Å². The van der Waals surface area contributed by atoms with E-state index in [0.29, 0.717) is 5.41 Å². The minimum atomic E-state index is 0.616. The van der Waals surface area contributed by atoms with Gasteiger partial charge in [-0.3, -0.25) is 0 Å². The molecule has 0 amide bonds. The van der Waals surface area contributed by atoms with Gasteiger partial charge in [-0.2, -0.15) is 0 Å². The average molecular weight is 182 g/mol. The Morgan fingerprint density at radius 3 is 2.31 bits per heavy atom. The van der Waals surface area contributed by atoms with Crippen LogP contribution in [0.5, 0.6) is 0 Å². The number of ether oxygens (including phenoxy) is 1. The highest BCUT2D eigenvalue weighted by Crippen LogP contribution is 2.46. The van der Waals surface area contributed by atoms with Crippen LogP contribution in [0, 0.1) is 17.3 Å². The van der Waals surface area contributed by atoms with Crippen molar-refractivity contribution < 1.29 is 4.74 Å². The van der Waals surface area contributed by atoms with Crippen LogP contribution in [0.15, 0.2) is 0 Å². The Balaban J connectivity index is 1.88. The molecule has 2 rings (SSSR count). The zero-order chi connectivity index (χ0) is 9.31. The lowest BCUT2D eigenvalue weighted by atomic mass is 9.68. The molecule has 1 saturated carbocycles. The summed E-state index contributed by atoms with van der Waals surface area (Å²) >= 11 is 0. The summed E-state index contributed by atoms with van der Waals surface area (Å²) in [5, 5.41) is 0. The standard InChI is InChI=1S/C12H22O/c1-10(2)11-3-5-12(6-4-11)7-8-13-9-12/h10-11H,3-9H2,1-2H3. The van der Waals surface area contributed by atoms with Gasteiger partial charge in [0.2, 0.25) is 0 Å². The fourth-order valence-electron chi connectivity index (χ4n) is 2.96. The Bertz CT molecular complexity index is 158. The van der Waals surface area contributed by atoms with Crippen LogP contribution in [0.2, 0.25) is 0 Å². The largest absolute Gasteiger partial charge is 0.381 e. The van der Waals surface area contributed by atoms with E-state index in [-0.39, 0.29) is 0 Å². The molecular weight excluding hydrogens is 160 g/mol. The van der Waals surface area contributed by atoms with Gasteiger partial charge >= 0.3 is 0 Å². The van der Waals surface area contributed by atoms with Crippen molar-refractivity contribution >= 4 is 0 Å². The van der Waals surface area contributed by atoms with Crippen molar-refractivity contribution in [1.82, 2.24) is 0 Å². The number of hydrogen-bond acceptors (Lipinski definition) is 1. The zero-order valence-electron chi connectivity index (χ0n) is 9.01. The van der Waals surface area contributed by atoms with E-state index in [0.717, 1.165) is 25.0 Å². The van der Waals surface area contributed by atoms with Gasteiger partial charge in [0.25, 0.3) is 0 Å². The van der Waals surface area contributed by atoms with Crippen LogP contribution in [0.1, 0.15) is 46.0 Å². The molecule has 0 atom stereocenters. The number of rotatable bonds is 1. The molecule has 0 aromatic heterocycles. The summed E-state index contributed by atoms with van der Waals surface area (Å²) in [6.45, 7) is 6.81. The van der Waals surface area contributed by atoms with Gasteiger partial charge in [0.1, 0.15) is 0 Å². The van der Waals surface area contributed by atoms with E-state index in [2.05, 4.69) is 13.8 Å². The molecule has 13 heavy (non-hydrogen) atoms. The van der Waals surface area contributed by atoms with Crippen molar-refractivity contribution in [2.75, 3.05) is 13.2 Å². The fraction of sp³-hybridized carbons (Fsp3) is 1.00. The summed E-state index contributed by atoms with van der Waals surface area (Å²) in [7, 11) is 0. The minimum absolute atomic E-state index is 0.616. The second-order valence-corrected chi connectivity index (χ2v) is 5.38. The fourth-order valence-corrected chi connectivity index (χ4v) is 2.96. The Kier molecular flexibility index (Phi) is 2.64. The van der Waals surface area contributed by atoms with Gasteiger partial charge in [-0.05, 0) is 49.4 Å². The molecule has 1 aliphatic heterocycles. The van der Waals surface area contributed by atoms with Gasteiger partial charge in [-0.15, -0.1) is 0 Å². The first-order chi connectivity index (χ1) is 6.22. The molecule has 2 aliphatic rings. The topological polar surface area (TPSA) is 9.23 Å². The summed E-state index contributed by atoms with van der Waals surface area (Å²) < 4.78 is 5.53. The second-order valence-electron chi connectivity index (χ2n) is 5.38. The molecule has 2 fully saturated rings. The predicted octanol–water partition coefficient (Wildman–Crippen LogP) is 3.24. The zero-order valence-corrected chi connectivity index (χ0v) is 9.01. The predicted molar refractivity (Wildman–Crippen MR) is 54.7 cm³/mol. The van der Waals surface area contributed by atoms with E-state index in [1.165, 1.54) is 32.1 Å². The van der Waals surface area contributed by atoms with Crippen molar-refractivity contribution in [3.8, 4) is 0 Å². The Hall–Kier alpha value is -0.0400. The molecule has 1 heteroatoms. The Morgan fingerprint density at radius 1 is 1.15 bits per heavy atom. The van der Waals surface area contributed by atoms with E-state index < -0.39 is 0 Å². The van der Waals surface area contributed by atoms with Crippen LogP contribution >= 0.6 is 0 Å². The first kappa shape index (κ1) is 9.51.